The fourth-order valence-electron chi connectivity index (χ4n) is 3.01. The first kappa shape index (κ1) is 16.9. The summed E-state index contributed by atoms with van der Waals surface area (Å²) in [6.45, 7) is 1.90. The van der Waals surface area contributed by atoms with Crippen molar-refractivity contribution in [2.24, 2.45) is 0 Å². The number of rotatable bonds is 4. The lowest BCUT2D eigenvalue weighted by Gasteiger charge is -2.23. The number of hydrogen-bond donors (Lipinski definition) is 1. The predicted molar refractivity (Wildman–Crippen MR) is 96.4 cm³/mol. The van der Waals surface area contributed by atoms with Crippen molar-refractivity contribution in [1.29, 1.82) is 0 Å². The minimum atomic E-state index is -0.341. The predicted octanol–water partition coefficient (Wildman–Crippen LogP) is 2.16. The number of hydrogen-bond acceptors (Lipinski definition) is 6. The molecule has 1 unspecified atom stereocenters. The van der Waals surface area contributed by atoms with Crippen LogP contribution in [0.5, 0.6) is 5.75 Å². The maximum atomic E-state index is 11.8. The summed E-state index contributed by atoms with van der Waals surface area (Å²) < 4.78 is 5.31. The number of benzene rings is 1. The number of ether oxygens (including phenoxy) is 1. The number of methoxy groups -OCH3 is 1. The lowest BCUT2D eigenvalue weighted by Crippen LogP contribution is -2.31. The van der Waals surface area contributed by atoms with E-state index in [1.54, 1.807) is 13.2 Å². The van der Waals surface area contributed by atoms with Crippen molar-refractivity contribution < 1.29 is 14.3 Å². The number of anilines is 1. The molecule has 0 radical (unpaired) electrons. The van der Waals surface area contributed by atoms with E-state index in [2.05, 4.69) is 29.2 Å². The molecule has 0 aliphatic carbocycles. The summed E-state index contributed by atoms with van der Waals surface area (Å²) in [5.74, 6) is 0.384. The van der Waals surface area contributed by atoms with Gasteiger partial charge in [0.1, 0.15) is 5.75 Å². The minimum Gasteiger partial charge on any atom is -0.497 e. The Bertz CT molecular complexity index is 702. The number of nitrogens with one attached hydrogen (secondary N) is 1. The van der Waals surface area contributed by atoms with Crippen LogP contribution in [0.1, 0.15) is 12.0 Å². The lowest BCUT2D eigenvalue weighted by atomic mass is 10.1. The van der Waals surface area contributed by atoms with Gasteiger partial charge in [0.05, 0.1) is 12.0 Å². The highest BCUT2D eigenvalue weighted by molar-refractivity contribution is 8.18. The molecule has 0 bridgehead atoms. The van der Waals surface area contributed by atoms with Gasteiger partial charge in [-0.2, -0.15) is 0 Å². The molecule has 2 saturated heterocycles. The van der Waals surface area contributed by atoms with Gasteiger partial charge in [0.2, 0.25) is 0 Å². The molecule has 128 valence electrons. The summed E-state index contributed by atoms with van der Waals surface area (Å²) in [5.41, 5.74) is 1.95. The van der Waals surface area contributed by atoms with Crippen molar-refractivity contribution >= 4 is 34.7 Å². The van der Waals surface area contributed by atoms with E-state index >= 15 is 0 Å². The van der Waals surface area contributed by atoms with Crippen LogP contribution in [0.3, 0.4) is 0 Å². The van der Waals surface area contributed by atoms with Crippen LogP contribution in [0.4, 0.5) is 10.5 Å². The maximum Gasteiger partial charge on any atom is 0.290 e. The zero-order chi connectivity index (χ0) is 17.3. The molecular formula is C17H21N3O3S. The van der Waals surface area contributed by atoms with Crippen LogP contribution in [-0.2, 0) is 4.79 Å². The molecule has 0 spiro atoms. The van der Waals surface area contributed by atoms with Crippen LogP contribution in [0.15, 0.2) is 23.1 Å². The van der Waals surface area contributed by atoms with Crippen LogP contribution in [0, 0.1) is 0 Å². The van der Waals surface area contributed by atoms with Gasteiger partial charge < -0.3 is 14.5 Å². The Morgan fingerprint density at radius 1 is 1.38 bits per heavy atom. The lowest BCUT2D eigenvalue weighted by molar-refractivity contribution is -0.115. The molecule has 6 nitrogen and oxygen atoms in total. The number of thioether (sulfide) groups is 1. The third kappa shape index (κ3) is 3.42. The molecule has 1 atom stereocenters. The SMILES string of the molecule is COc1ccc(N2CCC(N(C)C)C2)c(C=C2SC(=O)NC2=O)c1. The molecule has 2 amide bonds. The first-order valence-corrected chi connectivity index (χ1v) is 8.64. The third-order valence-electron chi connectivity index (χ3n) is 4.40. The molecule has 2 fully saturated rings. The molecule has 2 aliphatic heterocycles. The normalized spacial score (nSPS) is 22.6. The maximum absolute atomic E-state index is 11.8. The standard InChI is InChI=1S/C17H21N3O3S/c1-19(2)12-6-7-20(10-12)14-5-4-13(23-3)8-11(14)9-15-16(21)18-17(22)24-15/h4-5,8-9,12H,6-7,10H2,1-3H3,(H,18,21,22). The van der Waals surface area contributed by atoms with Gasteiger partial charge in [-0.25, -0.2) is 0 Å². The van der Waals surface area contributed by atoms with E-state index in [-0.39, 0.29) is 11.1 Å². The number of carbonyl (C=O) groups is 2. The molecule has 3 rings (SSSR count). The van der Waals surface area contributed by atoms with Crippen LogP contribution in [0.25, 0.3) is 6.08 Å². The zero-order valence-corrected chi connectivity index (χ0v) is 14.9. The van der Waals surface area contributed by atoms with E-state index in [0.717, 1.165) is 48.3 Å². The Morgan fingerprint density at radius 2 is 2.17 bits per heavy atom. The molecule has 0 saturated carbocycles. The number of carbonyl (C=O) groups excluding carboxylic acids is 2. The van der Waals surface area contributed by atoms with Gasteiger partial charge in [0.15, 0.2) is 0 Å². The summed E-state index contributed by atoms with van der Waals surface area (Å²) >= 11 is 0.933. The van der Waals surface area contributed by atoms with Crippen LogP contribution in [0.2, 0.25) is 0 Å². The summed E-state index contributed by atoms with van der Waals surface area (Å²) in [4.78, 5) is 28.2. The third-order valence-corrected chi connectivity index (χ3v) is 5.21. The monoisotopic (exact) mass is 347 g/mol. The van der Waals surface area contributed by atoms with Crippen LogP contribution < -0.4 is 15.0 Å². The van der Waals surface area contributed by atoms with E-state index in [1.807, 2.05) is 18.2 Å². The van der Waals surface area contributed by atoms with E-state index in [0.29, 0.717) is 10.9 Å². The Balaban J connectivity index is 1.94. The van der Waals surface area contributed by atoms with E-state index < -0.39 is 0 Å². The Labute approximate surface area is 145 Å². The number of amides is 2. The fraction of sp³-hybridized carbons (Fsp3) is 0.412. The first-order valence-electron chi connectivity index (χ1n) is 7.82. The molecule has 1 aromatic carbocycles. The Kier molecular flexibility index (Phi) is 4.82. The first-order chi connectivity index (χ1) is 11.5. The van der Waals surface area contributed by atoms with Gasteiger partial charge in [-0.05, 0) is 56.6 Å². The second-order valence-electron chi connectivity index (χ2n) is 6.13. The number of imide groups is 1. The molecule has 24 heavy (non-hydrogen) atoms. The van der Waals surface area contributed by atoms with E-state index in [9.17, 15) is 9.59 Å². The smallest absolute Gasteiger partial charge is 0.290 e. The summed E-state index contributed by atoms with van der Waals surface area (Å²) in [6, 6.07) is 6.36. The molecule has 0 aromatic heterocycles. The highest BCUT2D eigenvalue weighted by Crippen LogP contribution is 2.33. The van der Waals surface area contributed by atoms with Gasteiger partial charge in [-0.3, -0.25) is 14.9 Å². The van der Waals surface area contributed by atoms with Crippen LogP contribution in [-0.4, -0.2) is 56.4 Å². The average Bonchev–Trinajstić information content (AvgIpc) is 3.14. The van der Waals surface area contributed by atoms with Crippen molar-refractivity contribution in [3.05, 3.63) is 28.7 Å². The minimum absolute atomic E-state index is 0.329. The van der Waals surface area contributed by atoms with Gasteiger partial charge in [0.25, 0.3) is 11.1 Å². The largest absolute Gasteiger partial charge is 0.497 e. The van der Waals surface area contributed by atoms with Crippen molar-refractivity contribution in [3.63, 3.8) is 0 Å². The number of nitrogens with zero attached hydrogens (tertiary/aromatic N) is 2. The molecule has 2 heterocycles. The van der Waals surface area contributed by atoms with Crippen molar-refractivity contribution in [3.8, 4) is 5.75 Å². The molecular weight excluding hydrogens is 326 g/mol. The average molecular weight is 347 g/mol. The molecule has 1 N–H and O–H groups in total. The van der Waals surface area contributed by atoms with Gasteiger partial charge in [-0.1, -0.05) is 0 Å². The summed E-state index contributed by atoms with van der Waals surface area (Å²) in [7, 11) is 5.80. The van der Waals surface area contributed by atoms with E-state index in [4.69, 9.17) is 4.74 Å². The topological polar surface area (TPSA) is 61.9 Å². The molecule has 2 aliphatic rings. The Morgan fingerprint density at radius 3 is 2.75 bits per heavy atom. The summed E-state index contributed by atoms with van der Waals surface area (Å²) in [5, 5.41) is 1.96. The molecule has 7 heteroatoms. The highest BCUT2D eigenvalue weighted by Gasteiger charge is 2.28. The van der Waals surface area contributed by atoms with Gasteiger partial charge >= 0.3 is 0 Å². The highest BCUT2D eigenvalue weighted by atomic mass is 32.2. The zero-order valence-electron chi connectivity index (χ0n) is 14.0. The Hall–Kier alpha value is -1.99. The van der Waals surface area contributed by atoms with E-state index in [1.165, 1.54) is 0 Å². The second-order valence-corrected chi connectivity index (χ2v) is 7.14. The van der Waals surface area contributed by atoms with Gasteiger partial charge in [-0.15, -0.1) is 0 Å². The summed E-state index contributed by atoms with van der Waals surface area (Å²) in [6.07, 6.45) is 2.87. The van der Waals surface area contributed by atoms with Crippen LogP contribution >= 0.6 is 11.8 Å². The van der Waals surface area contributed by atoms with Gasteiger partial charge in [0, 0.05) is 30.4 Å². The van der Waals surface area contributed by atoms with Crippen molar-refractivity contribution in [2.45, 2.75) is 12.5 Å². The quantitative estimate of drug-likeness (QED) is 0.842. The number of likely N-dealkylation sites (N-methyl/N-ethyl adjacent to an activating group) is 1. The fourth-order valence-corrected chi connectivity index (χ4v) is 3.68. The van der Waals surface area contributed by atoms with Crippen molar-refractivity contribution in [1.82, 2.24) is 10.2 Å². The second kappa shape index (κ2) is 6.86. The van der Waals surface area contributed by atoms with Crippen molar-refractivity contribution in [2.75, 3.05) is 39.2 Å². The molecule has 1 aromatic rings.